The third-order valence-electron chi connectivity index (χ3n) is 8.29. The average Bonchev–Trinajstić information content (AvgIpc) is 3.05. The number of carboxylic acid groups (broad SMARTS) is 1. The van der Waals surface area contributed by atoms with Crippen LogP contribution in [0.3, 0.4) is 0 Å². The molecule has 246 valence electrons. The summed E-state index contributed by atoms with van der Waals surface area (Å²) in [7, 11) is -0.386. The van der Waals surface area contributed by atoms with Gasteiger partial charge in [-0.05, 0) is 37.1 Å². The molecule has 2 saturated heterocycles. The van der Waals surface area contributed by atoms with Gasteiger partial charge in [-0.3, -0.25) is 9.21 Å². The fourth-order valence-corrected chi connectivity index (χ4v) is 6.34. The number of carbonyl (C=O) groups is 1. The third kappa shape index (κ3) is 8.11. The minimum atomic E-state index is -3.49. The van der Waals surface area contributed by atoms with Gasteiger partial charge in [0, 0.05) is 76.4 Å². The van der Waals surface area contributed by atoms with Crippen molar-refractivity contribution in [3.05, 3.63) is 66.0 Å². The van der Waals surface area contributed by atoms with Crippen LogP contribution in [0.15, 0.2) is 60.9 Å². The van der Waals surface area contributed by atoms with Crippen LogP contribution in [-0.2, 0) is 14.8 Å². The Hall–Kier alpha value is -4.27. The van der Waals surface area contributed by atoms with Crippen molar-refractivity contribution in [3.63, 3.8) is 0 Å². The zero-order valence-electron chi connectivity index (χ0n) is 26.1. The van der Waals surface area contributed by atoms with Crippen molar-refractivity contribution in [2.75, 3.05) is 79.5 Å². The molecule has 0 unspecified atom stereocenters. The van der Waals surface area contributed by atoms with Crippen molar-refractivity contribution in [2.45, 2.75) is 18.9 Å². The molecular weight excluding hydrogens is 632 g/mol. The number of para-hydroxylation sites is 2. The van der Waals surface area contributed by atoms with Crippen molar-refractivity contribution in [1.29, 1.82) is 0 Å². The van der Waals surface area contributed by atoms with Gasteiger partial charge in [-0.2, -0.15) is 4.98 Å². The highest BCUT2D eigenvalue weighted by Gasteiger charge is 2.27. The number of piperazine rings is 1. The number of ether oxygens (including phenoxy) is 1. The first-order valence-electron chi connectivity index (χ1n) is 14.9. The molecule has 1 aromatic heterocycles. The largest absolute Gasteiger partial charge is 0.494 e. The second-order valence-electron chi connectivity index (χ2n) is 11.2. The molecule has 3 heterocycles. The number of carboxylic acids is 1. The number of piperidine rings is 1. The smallest absolute Gasteiger partial charge is 0.329 e. The molecule has 3 aromatic rings. The second kappa shape index (κ2) is 14.4. The van der Waals surface area contributed by atoms with Crippen molar-refractivity contribution in [2.24, 2.45) is 0 Å². The maximum absolute atomic E-state index is 12.2. The number of aromatic nitrogens is 2. The Morgan fingerprint density at radius 1 is 1.07 bits per heavy atom. The lowest BCUT2D eigenvalue weighted by molar-refractivity contribution is -0.131. The van der Waals surface area contributed by atoms with Crippen LogP contribution in [0.25, 0.3) is 0 Å². The molecule has 0 spiro atoms. The number of methoxy groups -OCH3 is 1. The molecule has 3 N–H and O–H groups in total. The SMILES string of the molecule is COc1cc(N2CCC(N3CCN(C=CC(=O)O)CC3)CC2)ccc1Nc1ncc(Cl)c(Nc2ccccc2N(C)S(C)(=O)=O)n1. The van der Waals surface area contributed by atoms with Crippen LogP contribution < -0.4 is 24.6 Å². The number of nitrogens with zero attached hydrogens (tertiary/aromatic N) is 6. The van der Waals surface area contributed by atoms with Gasteiger partial charge in [-0.25, -0.2) is 18.2 Å². The van der Waals surface area contributed by atoms with Crippen LogP contribution in [0.1, 0.15) is 12.8 Å². The van der Waals surface area contributed by atoms with Gasteiger partial charge in [0.1, 0.15) is 10.8 Å². The fourth-order valence-electron chi connectivity index (χ4n) is 5.69. The van der Waals surface area contributed by atoms with E-state index < -0.39 is 16.0 Å². The Balaban J connectivity index is 1.22. The number of nitrogens with one attached hydrogen (secondary N) is 2. The normalized spacial score (nSPS) is 16.4. The first-order valence-corrected chi connectivity index (χ1v) is 17.2. The van der Waals surface area contributed by atoms with Gasteiger partial charge in [0.25, 0.3) is 0 Å². The molecule has 0 radical (unpaired) electrons. The summed E-state index contributed by atoms with van der Waals surface area (Å²) in [5, 5.41) is 15.5. The van der Waals surface area contributed by atoms with Crippen LogP contribution >= 0.6 is 11.6 Å². The number of hydrogen-bond donors (Lipinski definition) is 3. The van der Waals surface area contributed by atoms with E-state index in [-0.39, 0.29) is 11.0 Å². The predicted octanol–water partition coefficient (Wildman–Crippen LogP) is 4.21. The molecule has 0 aliphatic carbocycles. The summed E-state index contributed by atoms with van der Waals surface area (Å²) in [6.45, 7) is 5.36. The van der Waals surface area contributed by atoms with Gasteiger partial charge in [0.05, 0.1) is 36.6 Å². The average molecular weight is 671 g/mol. The molecule has 5 rings (SSSR count). The van der Waals surface area contributed by atoms with E-state index >= 15 is 0 Å². The number of anilines is 6. The quantitative estimate of drug-likeness (QED) is 0.252. The molecule has 0 amide bonds. The number of rotatable bonds is 11. The number of aliphatic carboxylic acids is 1. The van der Waals surface area contributed by atoms with Crippen LogP contribution in [0.4, 0.5) is 34.5 Å². The molecule has 2 aliphatic heterocycles. The van der Waals surface area contributed by atoms with Gasteiger partial charge in [-0.15, -0.1) is 0 Å². The lowest BCUT2D eigenvalue weighted by atomic mass is 10.0. The van der Waals surface area contributed by atoms with Crippen LogP contribution in [0.5, 0.6) is 5.75 Å². The summed E-state index contributed by atoms with van der Waals surface area (Å²) < 4.78 is 31.3. The van der Waals surface area contributed by atoms with E-state index in [1.165, 1.54) is 23.6 Å². The van der Waals surface area contributed by atoms with E-state index in [2.05, 4.69) is 35.3 Å². The van der Waals surface area contributed by atoms with E-state index in [0.717, 1.165) is 64.1 Å². The number of halogens is 1. The first kappa shape index (κ1) is 33.1. The Labute approximate surface area is 274 Å². The van der Waals surface area contributed by atoms with E-state index in [1.54, 1.807) is 37.6 Å². The molecular formula is C31H39ClN8O5S. The minimum Gasteiger partial charge on any atom is -0.494 e. The summed E-state index contributed by atoms with van der Waals surface area (Å²) >= 11 is 6.42. The van der Waals surface area contributed by atoms with E-state index in [0.29, 0.717) is 34.7 Å². The number of sulfonamides is 1. The van der Waals surface area contributed by atoms with Gasteiger partial charge in [0.15, 0.2) is 5.82 Å². The van der Waals surface area contributed by atoms with Crippen LogP contribution in [0.2, 0.25) is 5.02 Å². The van der Waals surface area contributed by atoms with Crippen molar-refractivity contribution >= 4 is 62.1 Å². The summed E-state index contributed by atoms with van der Waals surface area (Å²) in [4.78, 5) is 26.6. The second-order valence-corrected chi connectivity index (χ2v) is 13.6. The van der Waals surface area contributed by atoms with Gasteiger partial charge < -0.3 is 30.3 Å². The molecule has 46 heavy (non-hydrogen) atoms. The summed E-state index contributed by atoms with van der Waals surface area (Å²) in [6.07, 6.45) is 7.58. The molecule has 0 atom stereocenters. The van der Waals surface area contributed by atoms with Crippen LogP contribution in [-0.4, -0.2) is 105 Å². The predicted molar refractivity (Wildman–Crippen MR) is 181 cm³/mol. The summed E-state index contributed by atoms with van der Waals surface area (Å²) in [6, 6.07) is 13.5. The highest BCUT2D eigenvalue weighted by molar-refractivity contribution is 7.92. The molecule has 0 saturated carbocycles. The topological polar surface area (TPSA) is 143 Å². The van der Waals surface area contributed by atoms with Gasteiger partial charge >= 0.3 is 5.97 Å². The highest BCUT2D eigenvalue weighted by Crippen LogP contribution is 2.35. The maximum Gasteiger partial charge on any atom is 0.329 e. The Morgan fingerprint density at radius 2 is 1.78 bits per heavy atom. The number of benzene rings is 2. The molecule has 2 aliphatic rings. The third-order valence-corrected chi connectivity index (χ3v) is 9.76. The van der Waals surface area contributed by atoms with E-state index in [1.807, 2.05) is 18.2 Å². The molecule has 2 fully saturated rings. The Morgan fingerprint density at radius 3 is 2.46 bits per heavy atom. The lowest BCUT2D eigenvalue weighted by Gasteiger charge is -2.43. The van der Waals surface area contributed by atoms with Crippen LogP contribution in [0, 0.1) is 0 Å². The zero-order valence-corrected chi connectivity index (χ0v) is 27.6. The van der Waals surface area contributed by atoms with Crippen molar-refractivity contribution in [3.8, 4) is 5.75 Å². The lowest BCUT2D eigenvalue weighted by Crippen LogP contribution is -2.52. The molecule has 2 aromatic carbocycles. The molecule has 0 bridgehead atoms. The minimum absolute atomic E-state index is 0.269. The summed E-state index contributed by atoms with van der Waals surface area (Å²) in [5.41, 5.74) is 2.71. The summed E-state index contributed by atoms with van der Waals surface area (Å²) in [5.74, 6) is 0.311. The number of hydrogen-bond acceptors (Lipinski definition) is 11. The van der Waals surface area contributed by atoms with Crippen molar-refractivity contribution < 1.29 is 23.1 Å². The molecule has 15 heteroatoms. The molecule has 13 nitrogen and oxygen atoms in total. The van der Waals surface area contributed by atoms with E-state index in [4.69, 9.17) is 21.4 Å². The highest BCUT2D eigenvalue weighted by atomic mass is 35.5. The fraction of sp³-hybridized carbons (Fsp3) is 0.387. The Bertz CT molecular complexity index is 1680. The van der Waals surface area contributed by atoms with Gasteiger partial charge in [0.2, 0.25) is 16.0 Å². The standard InChI is InChI=1S/C31H39ClN8O5S/c1-37(46(3,43)44)27-7-5-4-6-25(27)34-30-24(32)21-33-31(36-30)35-26-9-8-23(20-28(26)45-2)39-14-10-22(11-15-39)40-18-16-38(17-19-40)13-12-29(41)42/h4-9,12-13,20-22H,10-11,14-19H2,1-3H3,(H,41,42)(H2,33,34,35,36). The Kier molecular flexibility index (Phi) is 10.4. The zero-order chi connectivity index (χ0) is 32.8. The van der Waals surface area contributed by atoms with Gasteiger partial charge in [-0.1, -0.05) is 23.7 Å². The monoisotopic (exact) mass is 670 g/mol. The maximum atomic E-state index is 12.2. The first-order chi connectivity index (χ1) is 22.0. The van der Waals surface area contributed by atoms with E-state index in [9.17, 15) is 13.2 Å². The van der Waals surface area contributed by atoms with Crippen molar-refractivity contribution in [1.82, 2.24) is 19.8 Å².